The Kier molecular flexibility index (Phi) is 4.68. The summed E-state index contributed by atoms with van der Waals surface area (Å²) in [5, 5.41) is 2.70. The Morgan fingerprint density at radius 1 is 1.37 bits per heavy atom. The van der Waals surface area contributed by atoms with Crippen LogP contribution < -0.4 is 5.32 Å². The second-order valence-corrected chi connectivity index (χ2v) is 4.18. The molecule has 0 aliphatic rings. The molecule has 0 fully saturated rings. The third-order valence-corrected chi connectivity index (χ3v) is 2.36. The van der Waals surface area contributed by atoms with Gasteiger partial charge in [0.15, 0.2) is 0 Å². The van der Waals surface area contributed by atoms with Gasteiger partial charge in [-0.05, 0) is 13.8 Å². The molecular weight excluding hydrogens is 261 g/mol. The molecule has 0 spiro atoms. The molecular formula is C11H15F3N4O. The number of hydrogen-bond acceptors (Lipinski definition) is 4. The van der Waals surface area contributed by atoms with Crippen LogP contribution in [0.25, 0.3) is 0 Å². The highest BCUT2D eigenvalue weighted by atomic mass is 19.4. The molecule has 0 saturated carbocycles. The number of hydrogen-bond donors (Lipinski definition) is 1. The molecule has 0 bridgehead atoms. The van der Waals surface area contributed by atoms with Gasteiger partial charge < -0.3 is 10.2 Å². The standard InChI is InChI=1S/C11H15F3N4O/c1-7(2)18(6-11(12,13)14)10(19)8-4-17-9(15-3)5-16-8/h4-5,7H,6H2,1-3H3,(H,15,17). The van der Waals surface area contributed by atoms with Crippen LogP contribution in [0.2, 0.25) is 0 Å². The van der Waals surface area contributed by atoms with Gasteiger partial charge in [0.25, 0.3) is 5.91 Å². The van der Waals surface area contributed by atoms with Crippen molar-refractivity contribution in [3.05, 3.63) is 18.1 Å². The van der Waals surface area contributed by atoms with E-state index >= 15 is 0 Å². The Balaban J connectivity index is 2.92. The molecule has 1 rings (SSSR count). The van der Waals surface area contributed by atoms with Crippen molar-refractivity contribution in [2.75, 3.05) is 18.9 Å². The van der Waals surface area contributed by atoms with E-state index < -0.39 is 24.7 Å². The zero-order valence-electron chi connectivity index (χ0n) is 10.8. The molecule has 1 aromatic heterocycles. The molecule has 0 atom stereocenters. The Morgan fingerprint density at radius 3 is 2.37 bits per heavy atom. The minimum absolute atomic E-state index is 0.114. The molecule has 19 heavy (non-hydrogen) atoms. The zero-order chi connectivity index (χ0) is 14.6. The average Bonchev–Trinajstić information content (AvgIpc) is 2.34. The minimum Gasteiger partial charge on any atom is -0.372 e. The third-order valence-electron chi connectivity index (χ3n) is 2.36. The second-order valence-electron chi connectivity index (χ2n) is 4.18. The van der Waals surface area contributed by atoms with E-state index in [2.05, 4.69) is 15.3 Å². The summed E-state index contributed by atoms with van der Waals surface area (Å²) in [4.78, 5) is 20.3. The van der Waals surface area contributed by atoms with Crippen LogP contribution in [0.15, 0.2) is 12.4 Å². The number of anilines is 1. The van der Waals surface area contributed by atoms with Crippen molar-refractivity contribution in [1.29, 1.82) is 0 Å². The molecule has 0 saturated heterocycles. The van der Waals surface area contributed by atoms with Crippen LogP contribution >= 0.6 is 0 Å². The van der Waals surface area contributed by atoms with E-state index in [1.54, 1.807) is 7.05 Å². The van der Waals surface area contributed by atoms with Crippen molar-refractivity contribution in [3.8, 4) is 0 Å². The summed E-state index contributed by atoms with van der Waals surface area (Å²) in [5.41, 5.74) is -0.114. The zero-order valence-corrected chi connectivity index (χ0v) is 10.8. The van der Waals surface area contributed by atoms with Crippen molar-refractivity contribution in [2.45, 2.75) is 26.1 Å². The fourth-order valence-electron chi connectivity index (χ4n) is 1.40. The fraction of sp³-hybridized carbons (Fsp3) is 0.545. The average molecular weight is 276 g/mol. The van der Waals surface area contributed by atoms with E-state index in [4.69, 9.17) is 0 Å². The van der Waals surface area contributed by atoms with Crippen molar-refractivity contribution in [1.82, 2.24) is 14.9 Å². The van der Waals surface area contributed by atoms with Crippen LogP contribution in [0, 0.1) is 0 Å². The van der Waals surface area contributed by atoms with Crippen molar-refractivity contribution < 1.29 is 18.0 Å². The molecule has 0 aliphatic heterocycles. The molecule has 1 heterocycles. The van der Waals surface area contributed by atoms with Crippen LogP contribution in [0.5, 0.6) is 0 Å². The van der Waals surface area contributed by atoms with Gasteiger partial charge in [0.2, 0.25) is 0 Å². The monoisotopic (exact) mass is 276 g/mol. The number of alkyl halides is 3. The van der Waals surface area contributed by atoms with E-state index in [-0.39, 0.29) is 5.69 Å². The van der Waals surface area contributed by atoms with E-state index in [0.29, 0.717) is 10.7 Å². The number of halogens is 3. The molecule has 1 amide bonds. The van der Waals surface area contributed by atoms with Gasteiger partial charge in [0, 0.05) is 13.1 Å². The molecule has 1 aromatic rings. The van der Waals surface area contributed by atoms with E-state index in [9.17, 15) is 18.0 Å². The predicted molar refractivity (Wildman–Crippen MR) is 63.8 cm³/mol. The van der Waals surface area contributed by atoms with E-state index in [1.807, 2.05) is 0 Å². The van der Waals surface area contributed by atoms with Crippen LogP contribution in [-0.2, 0) is 0 Å². The number of nitrogens with one attached hydrogen (secondary N) is 1. The van der Waals surface area contributed by atoms with Gasteiger partial charge in [0.05, 0.1) is 12.4 Å². The lowest BCUT2D eigenvalue weighted by Crippen LogP contribution is -2.43. The Morgan fingerprint density at radius 2 is 2.00 bits per heavy atom. The summed E-state index contributed by atoms with van der Waals surface area (Å²) in [5.74, 6) is -0.356. The van der Waals surface area contributed by atoms with Crippen molar-refractivity contribution in [3.63, 3.8) is 0 Å². The maximum Gasteiger partial charge on any atom is 0.406 e. The van der Waals surface area contributed by atoms with Gasteiger partial charge in [-0.15, -0.1) is 0 Å². The highest BCUT2D eigenvalue weighted by Crippen LogP contribution is 2.19. The Hall–Kier alpha value is -1.86. The van der Waals surface area contributed by atoms with Gasteiger partial charge in [-0.25, -0.2) is 9.97 Å². The Bertz CT molecular complexity index is 431. The minimum atomic E-state index is -4.45. The maximum atomic E-state index is 12.4. The van der Waals surface area contributed by atoms with Crippen molar-refractivity contribution >= 4 is 11.7 Å². The SMILES string of the molecule is CNc1cnc(C(=O)N(CC(F)(F)F)C(C)C)cn1. The van der Waals surface area contributed by atoms with Crippen LogP contribution in [0.3, 0.4) is 0 Å². The van der Waals surface area contributed by atoms with Gasteiger partial charge in [0.1, 0.15) is 18.1 Å². The Labute approximate surface area is 108 Å². The van der Waals surface area contributed by atoms with Gasteiger partial charge in [-0.2, -0.15) is 13.2 Å². The van der Waals surface area contributed by atoms with Crippen LogP contribution in [0.1, 0.15) is 24.3 Å². The molecule has 5 nitrogen and oxygen atoms in total. The summed E-state index contributed by atoms with van der Waals surface area (Å²) in [6.07, 6.45) is -2.00. The molecule has 8 heteroatoms. The summed E-state index contributed by atoms with van der Waals surface area (Å²) in [6.45, 7) is 1.72. The number of amides is 1. The molecule has 1 N–H and O–H groups in total. The quantitative estimate of drug-likeness (QED) is 0.913. The van der Waals surface area contributed by atoms with Crippen LogP contribution in [-0.4, -0.2) is 46.6 Å². The van der Waals surface area contributed by atoms with E-state index in [0.717, 1.165) is 6.20 Å². The number of rotatable bonds is 4. The topological polar surface area (TPSA) is 58.1 Å². The molecule has 0 radical (unpaired) electrons. The lowest BCUT2D eigenvalue weighted by atomic mass is 10.2. The van der Waals surface area contributed by atoms with Gasteiger partial charge >= 0.3 is 6.18 Å². The van der Waals surface area contributed by atoms with Crippen molar-refractivity contribution in [2.24, 2.45) is 0 Å². The first kappa shape index (κ1) is 15.2. The van der Waals surface area contributed by atoms with Gasteiger partial charge in [-0.3, -0.25) is 4.79 Å². The van der Waals surface area contributed by atoms with Gasteiger partial charge in [-0.1, -0.05) is 0 Å². The maximum absolute atomic E-state index is 12.4. The smallest absolute Gasteiger partial charge is 0.372 e. The first-order chi connectivity index (χ1) is 8.74. The summed E-state index contributed by atoms with van der Waals surface area (Å²) in [7, 11) is 1.62. The predicted octanol–water partition coefficient (Wildman–Crippen LogP) is 1.93. The summed E-state index contributed by atoms with van der Waals surface area (Å²) >= 11 is 0. The highest BCUT2D eigenvalue weighted by molar-refractivity contribution is 5.92. The highest BCUT2D eigenvalue weighted by Gasteiger charge is 2.35. The first-order valence-corrected chi connectivity index (χ1v) is 5.62. The lowest BCUT2D eigenvalue weighted by Gasteiger charge is -2.27. The first-order valence-electron chi connectivity index (χ1n) is 5.62. The fourth-order valence-corrected chi connectivity index (χ4v) is 1.40. The number of aromatic nitrogens is 2. The van der Waals surface area contributed by atoms with E-state index in [1.165, 1.54) is 20.0 Å². The summed E-state index contributed by atoms with van der Waals surface area (Å²) in [6, 6.07) is -0.583. The largest absolute Gasteiger partial charge is 0.406 e. The summed E-state index contributed by atoms with van der Waals surface area (Å²) < 4.78 is 37.3. The number of carbonyl (C=O) groups is 1. The molecule has 106 valence electrons. The normalized spacial score (nSPS) is 11.5. The second kappa shape index (κ2) is 5.85. The molecule has 0 unspecified atom stereocenters. The lowest BCUT2D eigenvalue weighted by molar-refractivity contribution is -0.143. The number of nitrogens with zero attached hydrogens (tertiary/aromatic N) is 3. The van der Waals surface area contributed by atoms with Crippen LogP contribution in [0.4, 0.5) is 19.0 Å². The molecule has 0 aliphatic carbocycles. The molecule has 0 aromatic carbocycles. The number of carbonyl (C=O) groups excluding carboxylic acids is 1. The third kappa shape index (κ3) is 4.38.